The van der Waals surface area contributed by atoms with Gasteiger partial charge >= 0.3 is 0 Å². The zero-order valence-corrected chi connectivity index (χ0v) is 19.4. The molecule has 3 aromatic rings. The van der Waals surface area contributed by atoms with Gasteiger partial charge in [-0.05, 0) is 26.3 Å². The lowest BCUT2D eigenvalue weighted by molar-refractivity contribution is -0.128. The number of nitrogens with zero attached hydrogens (tertiary/aromatic N) is 5. The summed E-state index contributed by atoms with van der Waals surface area (Å²) in [5.41, 5.74) is 0.128. The Morgan fingerprint density at radius 2 is 1.88 bits per heavy atom. The van der Waals surface area contributed by atoms with Gasteiger partial charge in [0.1, 0.15) is 23.3 Å². The van der Waals surface area contributed by atoms with Crippen molar-refractivity contribution in [2.24, 2.45) is 0 Å². The topological polar surface area (TPSA) is 74.2 Å². The van der Waals surface area contributed by atoms with Gasteiger partial charge in [-0.25, -0.2) is 28.1 Å². The Morgan fingerprint density at radius 1 is 1.12 bits per heavy atom. The van der Waals surface area contributed by atoms with Crippen LogP contribution in [0.3, 0.4) is 0 Å². The number of aromatic nitrogens is 3. The number of aryl methyl sites for hydroxylation is 1. The third kappa shape index (κ3) is 4.90. The van der Waals surface area contributed by atoms with Crippen molar-refractivity contribution < 1.29 is 18.0 Å². The number of fused-ring (bicyclic) bond motifs is 1. The second-order valence-electron chi connectivity index (χ2n) is 8.44. The van der Waals surface area contributed by atoms with E-state index < -0.39 is 23.8 Å². The number of benzene rings is 1. The monoisotopic (exact) mass is 472 g/mol. The van der Waals surface area contributed by atoms with Gasteiger partial charge in [0.05, 0.1) is 23.3 Å². The lowest BCUT2D eigenvalue weighted by atomic mass is 10.0. The zero-order valence-electron chi connectivity index (χ0n) is 19.4. The molecule has 0 radical (unpaired) electrons. The summed E-state index contributed by atoms with van der Waals surface area (Å²) in [5, 5.41) is 3.87. The molecule has 0 saturated carbocycles. The molecule has 1 aliphatic heterocycles. The van der Waals surface area contributed by atoms with E-state index in [0.717, 1.165) is 24.8 Å². The standard InChI is InChI=1S/C24H27F3N6O/c1-14(17-6-4-7-18(22(17)25)23(26)27)29-24-19-12-21(28-13-20(19)30-15(2)31-24)33-9-5-8-32(10-11-33)16(3)34/h4,6-7,12-14,23H,5,8-11H2,1-3H3,(H,29,30,31)/t14-/m1/s1. The van der Waals surface area contributed by atoms with Crippen LogP contribution in [0.2, 0.25) is 0 Å². The van der Waals surface area contributed by atoms with Gasteiger partial charge in [0, 0.05) is 44.1 Å². The van der Waals surface area contributed by atoms with Crippen molar-refractivity contribution in [2.75, 3.05) is 36.4 Å². The van der Waals surface area contributed by atoms with Gasteiger partial charge in [-0.1, -0.05) is 18.2 Å². The molecule has 0 spiro atoms. The van der Waals surface area contributed by atoms with Crippen molar-refractivity contribution in [1.29, 1.82) is 0 Å². The van der Waals surface area contributed by atoms with Crippen LogP contribution in [0.15, 0.2) is 30.5 Å². The predicted octanol–water partition coefficient (Wildman–Crippen LogP) is 4.64. The Morgan fingerprint density at radius 3 is 2.62 bits per heavy atom. The highest BCUT2D eigenvalue weighted by atomic mass is 19.3. The molecular weight excluding hydrogens is 445 g/mol. The number of halogens is 3. The fraction of sp³-hybridized carbons (Fsp3) is 0.417. The van der Waals surface area contributed by atoms with Gasteiger partial charge in [-0.3, -0.25) is 4.79 Å². The Hall–Kier alpha value is -3.43. The van der Waals surface area contributed by atoms with E-state index in [2.05, 4.69) is 25.2 Å². The Kier molecular flexibility index (Phi) is 6.85. The maximum Gasteiger partial charge on any atom is 0.266 e. The van der Waals surface area contributed by atoms with E-state index in [1.165, 1.54) is 12.1 Å². The molecule has 1 aromatic carbocycles. The van der Waals surface area contributed by atoms with Crippen molar-refractivity contribution >= 4 is 28.4 Å². The van der Waals surface area contributed by atoms with Gasteiger partial charge in [-0.15, -0.1) is 0 Å². The number of hydrogen-bond donors (Lipinski definition) is 1. The van der Waals surface area contributed by atoms with Gasteiger partial charge in [-0.2, -0.15) is 0 Å². The second-order valence-corrected chi connectivity index (χ2v) is 8.44. The molecule has 1 fully saturated rings. The molecule has 34 heavy (non-hydrogen) atoms. The van der Waals surface area contributed by atoms with E-state index in [-0.39, 0.29) is 11.5 Å². The van der Waals surface area contributed by atoms with Gasteiger partial charge in [0.15, 0.2) is 0 Å². The summed E-state index contributed by atoms with van der Waals surface area (Å²) >= 11 is 0. The van der Waals surface area contributed by atoms with E-state index in [1.54, 1.807) is 27.0 Å². The van der Waals surface area contributed by atoms with Crippen LogP contribution in [-0.2, 0) is 4.79 Å². The molecule has 4 rings (SSSR count). The van der Waals surface area contributed by atoms with E-state index in [9.17, 15) is 18.0 Å². The van der Waals surface area contributed by atoms with Crippen LogP contribution >= 0.6 is 0 Å². The molecule has 0 aliphatic carbocycles. The highest BCUT2D eigenvalue weighted by Crippen LogP contribution is 2.31. The third-order valence-electron chi connectivity index (χ3n) is 6.06. The van der Waals surface area contributed by atoms with Crippen LogP contribution in [-0.4, -0.2) is 51.9 Å². The highest BCUT2D eigenvalue weighted by Gasteiger charge is 2.22. The second kappa shape index (κ2) is 9.82. The number of alkyl halides is 2. The van der Waals surface area contributed by atoms with Gasteiger partial charge < -0.3 is 15.1 Å². The molecule has 0 unspecified atom stereocenters. The van der Waals surface area contributed by atoms with Crippen LogP contribution in [0.4, 0.5) is 24.8 Å². The van der Waals surface area contributed by atoms with Crippen LogP contribution in [0, 0.1) is 12.7 Å². The summed E-state index contributed by atoms with van der Waals surface area (Å²) in [4.78, 5) is 29.2. The third-order valence-corrected chi connectivity index (χ3v) is 6.06. The normalized spacial score (nSPS) is 15.5. The largest absolute Gasteiger partial charge is 0.363 e. The van der Waals surface area contributed by atoms with Crippen molar-refractivity contribution in [2.45, 2.75) is 39.7 Å². The molecule has 1 aliphatic rings. The first-order valence-corrected chi connectivity index (χ1v) is 11.2. The first kappa shape index (κ1) is 23.7. The number of carbonyl (C=O) groups excluding carboxylic acids is 1. The quantitative estimate of drug-likeness (QED) is 0.583. The van der Waals surface area contributed by atoms with Crippen molar-refractivity contribution in [3.05, 3.63) is 53.2 Å². The fourth-order valence-corrected chi connectivity index (χ4v) is 4.24. The molecule has 3 heterocycles. The summed E-state index contributed by atoms with van der Waals surface area (Å²) < 4.78 is 41.0. The van der Waals surface area contributed by atoms with E-state index in [4.69, 9.17) is 0 Å². The maximum absolute atomic E-state index is 14.7. The smallest absolute Gasteiger partial charge is 0.266 e. The highest BCUT2D eigenvalue weighted by molar-refractivity contribution is 5.90. The molecule has 0 bridgehead atoms. The Bertz CT molecular complexity index is 1200. The van der Waals surface area contributed by atoms with Crippen LogP contribution in [0.5, 0.6) is 0 Å². The predicted molar refractivity (Wildman–Crippen MR) is 125 cm³/mol. The summed E-state index contributed by atoms with van der Waals surface area (Å²) in [7, 11) is 0. The molecule has 1 saturated heterocycles. The maximum atomic E-state index is 14.7. The lowest BCUT2D eigenvalue weighted by Crippen LogP contribution is -2.33. The molecular formula is C24H27F3N6O. The average Bonchev–Trinajstić information content (AvgIpc) is 3.05. The first-order chi connectivity index (χ1) is 16.2. The van der Waals surface area contributed by atoms with E-state index >= 15 is 0 Å². The van der Waals surface area contributed by atoms with Crippen molar-refractivity contribution in [3.8, 4) is 0 Å². The number of hydrogen-bond acceptors (Lipinski definition) is 6. The minimum absolute atomic E-state index is 0.0563. The van der Waals surface area contributed by atoms with E-state index in [1.807, 2.05) is 11.0 Å². The molecule has 7 nitrogen and oxygen atoms in total. The number of rotatable bonds is 5. The van der Waals surface area contributed by atoms with Crippen molar-refractivity contribution in [3.63, 3.8) is 0 Å². The Labute approximate surface area is 196 Å². The molecule has 180 valence electrons. The summed E-state index contributed by atoms with van der Waals surface area (Å²) in [6.07, 6.45) is -0.401. The zero-order chi connectivity index (χ0) is 24.4. The fourth-order valence-electron chi connectivity index (χ4n) is 4.24. The molecule has 1 atom stereocenters. The summed E-state index contributed by atoms with van der Waals surface area (Å²) in [6.45, 7) is 7.73. The molecule has 1 amide bonds. The number of anilines is 2. The molecule has 2 aromatic heterocycles. The first-order valence-electron chi connectivity index (χ1n) is 11.2. The van der Waals surface area contributed by atoms with Crippen molar-refractivity contribution in [1.82, 2.24) is 19.9 Å². The number of amides is 1. The molecule has 1 N–H and O–H groups in total. The number of nitrogens with one attached hydrogen (secondary N) is 1. The minimum Gasteiger partial charge on any atom is -0.363 e. The van der Waals surface area contributed by atoms with Gasteiger partial charge in [0.2, 0.25) is 5.91 Å². The van der Waals surface area contributed by atoms with Crippen LogP contribution < -0.4 is 10.2 Å². The van der Waals surface area contributed by atoms with E-state index in [0.29, 0.717) is 42.2 Å². The van der Waals surface area contributed by atoms with Gasteiger partial charge in [0.25, 0.3) is 6.43 Å². The number of carbonyl (C=O) groups is 1. The number of pyridine rings is 1. The van der Waals surface area contributed by atoms with Crippen LogP contribution in [0.1, 0.15) is 49.7 Å². The Balaban J connectivity index is 1.65. The summed E-state index contributed by atoms with van der Waals surface area (Å²) in [6, 6.07) is 5.26. The summed E-state index contributed by atoms with van der Waals surface area (Å²) in [5.74, 6) is 0.841. The molecule has 10 heteroatoms. The van der Waals surface area contributed by atoms with Crippen LogP contribution in [0.25, 0.3) is 10.9 Å². The lowest BCUT2D eigenvalue weighted by Gasteiger charge is -2.23. The SMILES string of the molecule is CC(=O)N1CCCN(c2cc3c(N[C@H](C)c4cccc(C(F)F)c4F)nc(C)nc3cn2)CC1. The minimum atomic E-state index is -2.89. The average molecular weight is 473 g/mol.